The van der Waals surface area contributed by atoms with Crippen molar-refractivity contribution in [3.8, 4) is 0 Å². The number of aliphatic hydroxyl groups excluding tert-OH is 18. The molecule has 0 unspecified atom stereocenters. The Kier molecular flexibility index (Phi) is 21.3. The SMILES string of the molecule is CC(=O)N[C@@H]1[C@@H](O)[C@H](O[C@H]2O[C@H](CO)[C@@H](O[C@@H]3O[C@H](CO)[C@@H](O[C@H]4O[C@H](CO)[C@@H](O[C@H]5O[C@H](CO)[C@@H](O)[C@H](O)[C@@H]5O)[C@H](O[C@H]5O[C@H](CO)[C@@H](O)[C@H](O)[C@@H]5O)[C@@H]4O)[C@H](O)[C@@H]3O)[C@H](O)[C@H]2NC(C)=O)[C@@H](CO)O[C@H]1O. The highest BCUT2D eigenvalue weighted by Gasteiger charge is 2.58. The molecular weight excluding hydrogens is 1000 g/mol. The average molecular weight is 1070 g/mol. The van der Waals surface area contributed by atoms with Gasteiger partial charge in [-0.25, -0.2) is 0 Å². The molecule has 0 saturated carbocycles. The molecule has 0 radical (unpaired) electrons. The van der Waals surface area contributed by atoms with Crippen LogP contribution in [0.25, 0.3) is 0 Å². The number of amides is 2. The molecule has 0 bridgehead atoms. The van der Waals surface area contributed by atoms with Crippen LogP contribution in [0.15, 0.2) is 0 Å². The van der Waals surface area contributed by atoms with Gasteiger partial charge in [-0.1, -0.05) is 0 Å². The van der Waals surface area contributed by atoms with E-state index in [1.54, 1.807) is 0 Å². The first-order chi connectivity index (χ1) is 34.5. The van der Waals surface area contributed by atoms with Crippen molar-refractivity contribution >= 4 is 11.8 Å². The van der Waals surface area contributed by atoms with Gasteiger partial charge in [-0.2, -0.15) is 0 Å². The first kappa shape index (κ1) is 60.0. The lowest BCUT2D eigenvalue weighted by Gasteiger charge is -2.51. The molecule has 30 atom stereocenters. The second-order valence-corrected chi connectivity index (χ2v) is 18.2. The largest absolute Gasteiger partial charge is 0.394 e. The summed E-state index contributed by atoms with van der Waals surface area (Å²) in [5.74, 6) is -1.51. The van der Waals surface area contributed by atoms with E-state index < -0.39 is 236 Å². The third-order valence-corrected chi connectivity index (χ3v) is 13.2. The topological polar surface area (TPSA) is 524 Å². The van der Waals surface area contributed by atoms with E-state index in [1.807, 2.05) is 0 Å². The Morgan fingerprint density at radius 1 is 0.329 bits per heavy atom. The van der Waals surface area contributed by atoms with Crippen LogP contribution in [0.3, 0.4) is 0 Å². The van der Waals surface area contributed by atoms with Gasteiger partial charge in [0.05, 0.1) is 39.6 Å². The normalized spacial score (nSPS) is 49.8. The molecular formula is C40H68N2O31. The van der Waals surface area contributed by atoms with Crippen molar-refractivity contribution in [3.63, 3.8) is 0 Å². The summed E-state index contributed by atoms with van der Waals surface area (Å²) in [7, 11) is 0. The standard InChI is InChI=1S/C40H68N2O31/c1-9(49)41-17-21(53)30(13(5-45)63-35(17)62)69-36-18(42-10(2)50)22(54)31(14(6-46)66-36)70-39-28(60)25(57)32(15(7-47)67-39)71-40-29(61)34(73-38-27(59)24(56)20(52)12(4-44)65-38)33(16(8-48)68-40)72-37-26(58)23(55)19(51)11(3-43)64-37/h11-40,43-48,51-62H,3-8H2,1-2H3,(H,41,49)(H,42,50)/t11-,12-,13-,14-,15-,16-,17-,18-,19-,20-,21-,22-,23+,24+,25-,26+,27+,28+,29+,30-,31-,32-,33-,34-,35-,36-,37-,38-,39+,40-/m1/s1. The molecule has 0 aromatic rings. The summed E-state index contributed by atoms with van der Waals surface area (Å²) in [6.07, 6.45) is -53.8. The van der Waals surface area contributed by atoms with Crippen molar-refractivity contribution in [1.29, 1.82) is 0 Å². The van der Waals surface area contributed by atoms with Gasteiger partial charge >= 0.3 is 0 Å². The zero-order valence-corrected chi connectivity index (χ0v) is 38.9. The lowest BCUT2D eigenvalue weighted by atomic mass is 9.94. The third-order valence-electron chi connectivity index (χ3n) is 13.2. The minimum atomic E-state index is -2.28. The first-order valence-corrected chi connectivity index (χ1v) is 23.1. The summed E-state index contributed by atoms with van der Waals surface area (Å²) in [6.45, 7) is -3.80. The van der Waals surface area contributed by atoms with Crippen LogP contribution in [-0.2, 0) is 61.7 Å². The molecule has 2 amide bonds. The summed E-state index contributed by atoms with van der Waals surface area (Å²) in [5.41, 5.74) is 0. The molecule has 6 saturated heterocycles. The third kappa shape index (κ3) is 12.9. The Morgan fingerprint density at radius 3 is 1.07 bits per heavy atom. The van der Waals surface area contributed by atoms with E-state index in [-0.39, 0.29) is 0 Å². The summed E-state index contributed by atoms with van der Waals surface area (Å²) in [4.78, 5) is 24.3. The molecule has 6 rings (SSSR count). The zero-order chi connectivity index (χ0) is 53.9. The van der Waals surface area contributed by atoms with Crippen LogP contribution in [0, 0.1) is 0 Å². The van der Waals surface area contributed by atoms with Crippen molar-refractivity contribution in [2.75, 3.05) is 39.6 Å². The van der Waals surface area contributed by atoms with Crippen molar-refractivity contribution in [2.24, 2.45) is 0 Å². The Hall–Kier alpha value is -2.22. The average Bonchev–Trinajstić information content (AvgIpc) is 3.36. The fourth-order valence-electron chi connectivity index (χ4n) is 9.32. The van der Waals surface area contributed by atoms with Gasteiger partial charge in [-0.15, -0.1) is 0 Å². The quantitative estimate of drug-likeness (QED) is 0.0606. The predicted molar refractivity (Wildman–Crippen MR) is 222 cm³/mol. The molecule has 33 nitrogen and oxygen atoms in total. The Balaban J connectivity index is 1.21. The van der Waals surface area contributed by atoms with Crippen LogP contribution >= 0.6 is 0 Å². The first-order valence-electron chi connectivity index (χ1n) is 23.1. The maximum Gasteiger partial charge on any atom is 0.217 e. The Bertz CT molecular complexity index is 1740. The van der Waals surface area contributed by atoms with Crippen LogP contribution in [0.4, 0.5) is 0 Å². The van der Waals surface area contributed by atoms with Gasteiger partial charge in [-0.3, -0.25) is 9.59 Å². The molecule has 6 aliphatic rings. The van der Waals surface area contributed by atoms with E-state index in [0.29, 0.717) is 0 Å². The number of hydrogen-bond acceptors (Lipinski definition) is 31. The van der Waals surface area contributed by atoms with E-state index in [9.17, 15) is 102 Å². The van der Waals surface area contributed by atoms with Crippen LogP contribution in [0.2, 0.25) is 0 Å². The molecule has 6 aliphatic heterocycles. The van der Waals surface area contributed by atoms with Crippen LogP contribution in [-0.4, -0.2) is 327 Å². The summed E-state index contributed by atoms with van der Waals surface area (Å²) < 4.78 is 62.9. The second-order valence-electron chi connectivity index (χ2n) is 18.2. The summed E-state index contributed by atoms with van der Waals surface area (Å²) >= 11 is 0. The number of carbonyl (C=O) groups excluding carboxylic acids is 2. The van der Waals surface area contributed by atoms with E-state index in [4.69, 9.17) is 52.1 Å². The lowest BCUT2D eigenvalue weighted by Crippen LogP contribution is -2.70. The highest BCUT2D eigenvalue weighted by molar-refractivity contribution is 5.73. The molecule has 33 heteroatoms. The maximum atomic E-state index is 12.4. The van der Waals surface area contributed by atoms with Crippen LogP contribution < -0.4 is 10.6 Å². The summed E-state index contributed by atoms with van der Waals surface area (Å²) in [5, 5.41) is 197. The van der Waals surface area contributed by atoms with Crippen LogP contribution in [0.5, 0.6) is 0 Å². The fourth-order valence-corrected chi connectivity index (χ4v) is 9.32. The van der Waals surface area contributed by atoms with E-state index in [2.05, 4.69) is 10.6 Å². The smallest absolute Gasteiger partial charge is 0.217 e. The van der Waals surface area contributed by atoms with Gasteiger partial charge < -0.3 is 155 Å². The fraction of sp³-hybridized carbons (Fsp3) is 0.950. The van der Waals surface area contributed by atoms with Crippen molar-refractivity contribution < 1.29 is 154 Å². The number of hydrogen-bond donors (Lipinski definition) is 20. The number of nitrogens with one attached hydrogen (secondary N) is 2. The minimum Gasteiger partial charge on any atom is -0.394 e. The number of aliphatic hydroxyl groups is 18. The molecule has 6 fully saturated rings. The monoisotopic (exact) mass is 1070 g/mol. The van der Waals surface area contributed by atoms with Crippen molar-refractivity contribution in [2.45, 2.75) is 198 Å². The Labute approximate surface area is 413 Å². The molecule has 0 spiro atoms. The van der Waals surface area contributed by atoms with Gasteiger partial charge in [0, 0.05) is 13.8 Å². The molecule has 0 aromatic heterocycles. The molecule has 0 aliphatic carbocycles. The number of rotatable bonds is 18. The van der Waals surface area contributed by atoms with Gasteiger partial charge in [0.1, 0.15) is 146 Å². The van der Waals surface area contributed by atoms with Crippen LogP contribution in [0.1, 0.15) is 13.8 Å². The molecule has 73 heavy (non-hydrogen) atoms. The molecule has 424 valence electrons. The van der Waals surface area contributed by atoms with Gasteiger partial charge in [0.15, 0.2) is 37.7 Å². The highest BCUT2D eigenvalue weighted by atomic mass is 16.8. The van der Waals surface area contributed by atoms with Crippen molar-refractivity contribution in [1.82, 2.24) is 10.6 Å². The molecule has 0 aromatic carbocycles. The lowest BCUT2D eigenvalue weighted by molar-refractivity contribution is -0.402. The van der Waals surface area contributed by atoms with Gasteiger partial charge in [0.2, 0.25) is 11.8 Å². The zero-order valence-electron chi connectivity index (χ0n) is 38.9. The highest BCUT2D eigenvalue weighted by Crippen LogP contribution is 2.37. The molecule has 20 N–H and O–H groups in total. The van der Waals surface area contributed by atoms with E-state index in [1.165, 1.54) is 0 Å². The van der Waals surface area contributed by atoms with E-state index in [0.717, 1.165) is 13.8 Å². The van der Waals surface area contributed by atoms with Gasteiger partial charge in [-0.05, 0) is 0 Å². The predicted octanol–water partition coefficient (Wildman–Crippen LogP) is -13.8. The number of ether oxygens (including phenoxy) is 11. The van der Waals surface area contributed by atoms with Crippen molar-refractivity contribution in [3.05, 3.63) is 0 Å². The molecule has 6 heterocycles. The minimum absolute atomic E-state index is 0.702. The second kappa shape index (κ2) is 26.0. The Morgan fingerprint density at radius 2 is 0.630 bits per heavy atom. The maximum absolute atomic E-state index is 12.4. The summed E-state index contributed by atoms with van der Waals surface area (Å²) in [6, 6.07) is -3.20. The van der Waals surface area contributed by atoms with Gasteiger partial charge in [0.25, 0.3) is 0 Å². The number of carbonyl (C=O) groups is 2. The van der Waals surface area contributed by atoms with E-state index >= 15 is 0 Å².